The third-order valence-electron chi connectivity index (χ3n) is 12.6. The van der Waals surface area contributed by atoms with Crippen LogP contribution in [0.3, 0.4) is 0 Å². The molecule has 4 rings (SSSR count). The molecule has 0 amide bonds. The van der Waals surface area contributed by atoms with Crippen LogP contribution in [-0.2, 0) is 0 Å². The van der Waals surface area contributed by atoms with Crippen LogP contribution in [0, 0.1) is 47.3 Å². The highest BCUT2D eigenvalue weighted by Crippen LogP contribution is 2.47. The SMILES string of the molecule is CCCCCCC1CCC(C2CCC(CCC3CCC(C4CCC(CCCCC)CC4F)CC3)C(F)C2F)CC1. The van der Waals surface area contributed by atoms with Crippen LogP contribution in [0.15, 0.2) is 0 Å². The lowest BCUT2D eigenvalue weighted by atomic mass is 9.65. The fraction of sp³-hybridized carbons (Fsp3) is 1.00. The highest BCUT2D eigenvalue weighted by molar-refractivity contribution is 4.93. The smallest absolute Gasteiger partial charge is 0.134 e. The minimum Gasteiger partial charge on any atom is -0.247 e. The minimum atomic E-state index is -1.25. The minimum absolute atomic E-state index is 0.0295. The summed E-state index contributed by atoms with van der Waals surface area (Å²) in [6.45, 7) is 4.51. The Hall–Kier alpha value is -0.210. The second-order valence-electron chi connectivity index (χ2n) is 15.2. The average Bonchev–Trinajstić information content (AvgIpc) is 2.97. The van der Waals surface area contributed by atoms with Gasteiger partial charge in [-0.2, -0.15) is 0 Å². The van der Waals surface area contributed by atoms with Crippen molar-refractivity contribution in [3.63, 3.8) is 0 Å². The van der Waals surface area contributed by atoms with Gasteiger partial charge in [-0.15, -0.1) is 0 Å². The maximum Gasteiger partial charge on any atom is 0.134 e. The molecule has 0 saturated heterocycles. The summed E-state index contributed by atoms with van der Waals surface area (Å²) in [6, 6.07) is 0. The molecule has 0 bridgehead atoms. The van der Waals surface area contributed by atoms with Crippen molar-refractivity contribution in [2.24, 2.45) is 47.3 Å². The quantitative estimate of drug-likeness (QED) is 0.183. The second-order valence-corrected chi connectivity index (χ2v) is 15.2. The van der Waals surface area contributed by atoms with Crippen molar-refractivity contribution in [1.82, 2.24) is 0 Å². The number of halogens is 3. The molecule has 7 unspecified atom stereocenters. The Balaban J connectivity index is 1.11. The summed E-state index contributed by atoms with van der Waals surface area (Å²) >= 11 is 0. The second kappa shape index (κ2) is 17.2. The van der Waals surface area contributed by atoms with Gasteiger partial charge in [0.05, 0.1) is 0 Å². The molecule has 0 heterocycles. The lowest BCUT2D eigenvalue weighted by Crippen LogP contribution is -2.42. The lowest BCUT2D eigenvalue weighted by Gasteiger charge is -2.42. The summed E-state index contributed by atoms with van der Waals surface area (Å²) in [4.78, 5) is 0. The first-order valence-corrected chi connectivity index (χ1v) is 18.4. The van der Waals surface area contributed by atoms with E-state index in [1.165, 1.54) is 89.9 Å². The zero-order valence-electron chi connectivity index (χ0n) is 26.5. The summed E-state index contributed by atoms with van der Waals surface area (Å²) in [5.41, 5.74) is 0. The fourth-order valence-corrected chi connectivity index (χ4v) is 9.84. The molecule has 4 aliphatic carbocycles. The maximum atomic E-state index is 15.4. The summed E-state index contributed by atoms with van der Waals surface area (Å²) < 4.78 is 45.9. The molecule has 0 aromatic carbocycles. The van der Waals surface area contributed by atoms with Gasteiger partial charge in [-0.1, -0.05) is 104 Å². The van der Waals surface area contributed by atoms with E-state index in [0.717, 1.165) is 70.1 Å². The van der Waals surface area contributed by atoms with Gasteiger partial charge in [0.1, 0.15) is 18.5 Å². The van der Waals surface area contributed by atoms with Crippen molar-refractivity contribution in [3.05, 3.63) is 0 Å². The molecule has 4 saturated carbocycles. The Morgan fingerprint density at radius 1 is 0.450 bits per heavy atom. The monoisotopic (exact) mass is 567 g/mol. The Morgan fingerprint density at radius 3 is 1.62 bits per heavy atom. The van der Waals surface area contributed by atoms with Gasteiger partial charge in [-0.25, -0.2) is 13.2 Å². The Labute approximate surface area is 246 Å². The van der Waals surface area contributed by atoms with Gasteiger partial charge in [-0.3, -0.25) is 0 Å². The number of hydrogen-bond donors (Lipinski definition) is 0. The first kappa shape index (κ1) is 32.7. The van der Waals surface area contributed by atoms with Crippen molar-refractivity contribution < 1.29 is 13.2 Å². The van der Waals surface area contributed by atoms with Crippen molar-refractivity contribution in [2.75, 3.05) is 0 Å². The van der Waals surface area contributed by atoms with E-state index in [4.69, 9.17) is 0 Å². The van der Waals surface area contributed by atoms with Crippen molar-refractivity contribution in [3.8, 4) is 0 Å². The van der Waals surface area contributed by atoms with Crippen molar-refractivity contribution in [2.45, 2.75) is 186 Å². The number of rotatable bonds is 14. The zero-order chi connectivity index (χ0) is 28.3. The van der Waals surface area contributed by atoms with E-state index in [2.05, 4.69) is 13.8 Å². The first-order chi connectivity index (χ1) is 19.5. The van der Waals surface area contributed by atoms with Gasteiger partial charge in [0.25, 0.3) is 0 Å². The fourth-order valence-electron chi connectivity index (χ4n) is 9.84. The molecule has 0 N–H and O–H groups in total. The van der Waals surface area contributed by atoms with Crippen molar-refractivity contribution >= 4 is 0 Å². The predicted octanol–water partition coefficient (Wildman–Crippen LogP) is 12.4. The third-order valence-corrected chi connectivity index (χ3v) is 12.6. The summed E-state index contributed by atoms with van der Waals surface area (Å²) in [5.74, 6) is 3.27. The van der Waals surface area contributed by atoms with Crippen LogP contribution < -0.4 is 0 Å². The molecular formula is C37H65F3. The third kappa shape index (κ3) is 9.39. The Bertz CT molecular complexity index is 664. The largest absolute Gasteiger partial charge is 0.247 e. The number of alkyl halides is 3. The van der Waals surface area contributed by atoms with Crippen molar-refractivity contribution in [1.29, 1.82) is 0 Å². The topological polar surface area (TPSA) is 0 Å². The van der Waals surface area contributed by atoms with E-state index in [9.17, 15) is 0 Å². The number of unbranched alkanes of at least 4 members (excludes halogenated alkanes) is 5. The van der Waals surface area contributed by atoms with Crippen LogP contribution in [0.5, 0.6) is 0 Å². The molecule has 0 nitrogen and oxygen atoms in total. The molecule has 3 heteroatoms. The van der Waals surface area contributed by atoms with Gasteiger partial charge < -0.3 is 0 Å². The van der Waals surface area contributed by atoms with Gasteiger partial charge >= 0.3 is 0 Å². The van der Waals surface area contributed by atoms with E-state index in [-0.39, 0.29) is 17.8 Å². The van der Waals surface area contributed by atoms with E-state index in [1.807, 2.05) is 0 Å². The molecule has 0 aromatic rings. The molecule has 0 aromatic heterocycles. The van der Waals surface area contributed by atoms with Crippen LogP contribution in [0.1, 0.15) is 168 Å². The Morgan fingerprint density at radius 2 is 0.975 bits per heavy atom. The molecule has 0 spiro atoms. The number of hydrogen-bond acceptors (Lipinski definition) is 0. The van der Waals surface area contributed by atoms with E-state index in [0.29, 0.717) is 23.7 Å². The highest BCUT2D eigenvalue weighted by atomic mass is 19.2. The first-order valence-electron chi connectivity index (χ1n) is 18.4. The predicted molar refractivity (Wildman–Crippen MR) is 165 cm³/mol. The van der Waals surface area contributed by atoms with Crippen LogP contribution in [-0.4, -0.2) is 18.5 Å². The van der Waals surface area contributed by atoms with Gasteiger partial charge in [0.2, 0.25) is 0 Å². The molecule has 234 valence electrons. The molecule has 4 aliphatic rings. The van der Waals surface area contributed by atoms with Crippen LogP contribution in [0.2, 0.25) is 0 Å². The highest BCUT2D eigenvalue weighted by Gasteiger charge is 2.44. The zero-order valence-corrected chi connectivity index (χ0v) is 26.5. The van der Waals surface area contributed by atoms with E-state index < -0.39 is 18.5 Å². The summed E-state index contributed by atoms with van der Waals surface area (Å²) in [7, 11) is 0. The normalized spacial score (nSPS) is 41.2. The summed E-state index contributed by atoms with van der Waals surface area (Å²) in [5, 5.41) is 0. The Kier molecular flexibility index (Phi) is 14.0. The standard InChI is InChI=1S/C37H65F3/c1-3-5-7-9-10-27-12-20-31(21-13-27)34-25-23-32(36(39)37(34)40)22-16-28-14-18-30(19-15-28)33-24-17-29(26-35(33)38)11-8-6-4-2/h27-37H,3-26H2,1-2H3. The molecule has 4 fully saturated rings. The summed E-state index contributed by atoms with van der Waals surface area (Å²) in [6.07, 6.45) is 24.9. The van der Waals surface area contributed by atoms with E-state index in [1.54, 1.807) is 0 Å². The van der Waals surface area contributed by atoms with Gasteiger partial charge in [-0.05, 0) is 112 Å². The van der Waals surface area contributed by atoms with E-state index >= 15 is 13.2 Å². The molecular weight excluding hydrogens is 501 g/mol. The van der Waals surface area contributed by atoms with Crippen LogP contribution in [0.4, 0.5) is 13.2 Å². The van der Waals surface area contributed by atoms with Crippen LogP contribution >= 0.6 is 0 Å². The maximum absolute atomic E-state index is 15.4. The molecule has 0 radical (unpaired) electrons. The van der Waals surface area contributed by atoms with Crippen LogP contribution in [0.25, 0.3) is 0 Å². The van der Waals surface area contributed by atoms with Gasteiger partial charge in [0.15, 0.2) is 0 Å². The lowest BCUT2D eigenvalue weighted by molar-refractivity contribution is -0.0166. The molecule has 7 atom stereocenters. The average molecular weight is 567 g/mol. The van der Waals surface area contributed by atoms with Gasteiger partial charge in [0, 0.05) is 0 Å². The molecule has 40 heavy (non-hydrogen) atoms. The molecule has 0 aliphatic heterocycles.